The fraction of sp³-hybridized carbons (Fsp3) is 0.818. The Balaban J connectivity index is 2.41. The first-order valence-corrected chi connectivity index (χ1v) is 5.01. The minimum atomic E-state index is 0.397. The second-order valence-electron chi connectivity index (χ2n) is 3.91. The first-order chi connectivity index (χ1) is 5.72. The number of rotatable bonds is 2. The van der Waals surface area contributed by atoms with Crippen molar-refractivity contribution >= 4 is 0 Å². The van der Waals surface area contributed by atoms with Crippen molar-refractivity contribution in [2.45, 2.75) is 46.1 Å². The average Bonchev–Trinajstić information content (AvgIpc) is 2.04. The largest absolute Gasteiger partial charge is 0.374 e. The van der Waals surface area contributed by atoms with E-state index in [1.807, 2.05) is 0 Å². The molecule has 0 aromatic carbocycles. The Labute approximate surface area is 75.8 Å². The number of ether oxygens (including phenoxy) is 1. The second kappa shape index (κ2) is 4.66. The Kier molecular flexibility index (Phi) is 3.80. The molecule has 1 nitrogen and oxygen atoms in total. The molecule has 0 bridgehead atoms. The summed E-state index contributed by atoms with van der Waals surface area (Å²) in [7, 11) is 0. The summed E-state index contributed by atoms with van der Waals surface area (Å²) in [5, 5.41) is 0. The van der Waals surface area contributed by atoms with Gasteiger partial charge in [0.15, 0.2) is 0 Å². The van der Waals surface area contributed by atoms with Gasteiger partial charge < -0.3 is 4.74 Å². The number of allylic oxidation sites excluding steroid dienone is 1. The van der Waals surface area contributed by atoms with Crippen LogP contribution in [0.3, 0.4) is 0 Å². The Bertz CT molecular complexity index is 160. The van der Waals surface area contributed by atoms with Crippen molar-refractivity contribution in [3.8, 4) is 0 Å². The average molecular weight is 168 g/mol. The van der Waals surface area contributed by atoms with Crippen LogP contribution in [-0.4, -0.2) is 12.7 Å². The molecule has 0 aromatic heterocycles. The summed E-state index contributed by atoms with van der Waals surface area (Å²) in [5.74, 6) is 0.838. The summed E-state index contributed by atoms with van der Waals surface area (Å²) < 4.78 is 5.64. The lowest BCUT2D eigenvalue weighted by atomic mass is 9.96. The van der Waals surface area contributed by atoms with E-state index in [1.54, 1.807) is 0 Å². The van der Waals surface area contributed by atoms with Crippen LogP contribution in [0.1, 0.15) is 40.0 Å². The smallest absolute Gasteiger partial charge is 0.0760 e. The van der Waals surface area contributed by atoms with Crippen LogP contribution in [0.15, 0.2) is 11.6 Å². The molecular formula is C11H20O. The van der Waals surface area contributed by atoms with E-state index in [0.29, 0.717) is 6.10 Å². The predicted octanol–water partition coefficient (Wildman–Crippen LogP) is 3.16. The molecule has 0 aromatic rings. The summed E-state index contributed by atoms with van der Waals surface area (Å²) >= 11 is 0. The monoisotopic (exact) mass is 168 g/mol. The third-order valence-electron chi connectivity index (χ3n) is 2.61. The van der Waals surface area contributed by atoms with E-state index in [-0.39, 0.29) is 0 Å². The zero-order valence-corrected chi connectivity index (χ0v) is 8.47. The zero-order valence-electron chi connectivity index (χ0n) is 8.47. The summed E-state index contributed by atoms with van der Waals surface area (Å²) in [6, 6.07) is 0. The minimum absolute atomic E-state index is 0.397. The normalized spacial score (nSPS) is 32.1. The molecule has 1 aliphatic rings. The van der Waals surface area contributed by atoms with Crippen molar-refractivity contribution in [3.05, 3.63) is 11.6 Å². The lowest BCUT2D eigenvalue weighted by Crippen LogP contribution is -2.22. The van der Waals surface area contributed by atoms with Crippen molar-refractivity contribution in [2.75, 3.05) is 6.61 Å². The molecule has 0 radical (unpaired) electrons. The van der Waals surface area contributed by atoms with Gasteiger partial charge in [-0.3, -0.25) is 0 Å². The van der Waals surface area contributed by atoms with Gasteiger partial charge in [0.25, 0.3) is 0 Å². The summed E-state index contributed by atoms with van der Waals surface area (Å²) in [6.07, 6.45) is 6.27. The number of hydrogen-bond acceptors (Lipinski definition) is 1. The molecule has 0 saturated carbocycles. The van der Waals surface area contributed by atoms with Gasteiger partial charge in [0.1, 0.15) is 0 Å². The van der Waals surface area contributed by atoms with Crippen LogP contribution in [0.5, 0.6) is 0 Å². The summed E-state index contributed by atoms with van der Waals surface area (Å²) in [6.45, 7) is 7.63. The van der Waals surface area contributed by atoms with E-state index in [0.717, 1.165) is 18.9 Å². The SMILES string of the molecule is CC/C(C)=C\[C@H]1C[C@H](C)CCO1. The predicted molar refractivity (Wildman–Crippen MR) is 52.2 cm³/mol. The van der Waals surface area contributed by atoms with Crippen LogP contribution in [0, 0.1) is 5.92 Å². The molecule has 1 heterocycles. The fourth-order valence-electron chi connectivity index (χ4n) is 1.55. The minimum Gasteiger partial charge on any atom is -0.374 e. The van der Waals surface area contributed by atoms with Gasteiger partial charge in [0.2, 0.25) is 0 Å². The Morgan fingerprint density at radius 3 is 2.92 bits per heavy atom. The highest BCUT2D eigenvalue weighted by atomic mass is 16.5. The molecule has 1 aliphatic heterocycles. The first kappa shape index (κ1) is 9.79. The van der Waals surface area contributed by atoms with E-state index in [1.165, 1.54) is 18.4 Å². The Morgan fingerprint density at radius 2 is 2.33 bits per heavy atom. The van der Waals surface area contributed by atoms with Gasteiger partial charge in [-0.1, -0.05) is 25.5 Å². The van der Waals surface area contributed by atoms with Gasteiger partial charge in [0, 0.05) is 6.61 Å². The molecule has 1 saturated heterocycles. The topological polar surface area (TPSA) is 9.23 Å². The van der Waals surface area contributed by atoms with Gasteiger partial charge in [0.05, 0.1) is 6.10 Å². The van der Waals surface area contributed by atoms with Crippen LogP contribution in [0.2, 0.25) is 0 Å². The molecule has 1 rings (SSSR count). The van der Waals surface area contributed by atoms with E-state index in [2.05, 4.69) is 26.8 Å². The van der Waals surface area contributed by atoms with E-state index in [4.69, 9.17) is 4.74 Å². The van der Waals surface area contributed by atoms with Gasteiger partial charge in [-0.2, -0.15) is 0 Å². The lowest BCUT2D eigenvalue weighted by Gasteiger charge is -2.25. The van der Waals surface area contributed by atoms with Gasteiger partial charge in [-0.05, 0) is 32.1 Å². The molecule has 0 aliphatic carbocycles. The van der Waals surface area contributed by atoms with Crippen LogP contribution >= 0.6 is 0 Å². The molecule has 1 fully saturated rings. The van der Waals surface area contributed by atoms with Crippen molar-refractivity contribution in [3.63, 3.8) is 0 Å². The third kappa shape index (κ3) is 2.98. The van der Waals surface area contributed by atoms with Crippen molar-refractivity contribution in [1.82, 2.24) is 0 Å². The highest BCUT2D eigenvalue weighted by molar-refractivity contribution is 5.02. The van der Waals surface area contributed by atoms with E-state index in [9.17, 15) is 0 Å². The molecule has 12 heavy (non-hydrogen) atoms. The third-order valence-corrected chi connectivity index (χ3v) is 2.61. The molecule has 0 amide bonds. The van der Waals surface area contributed by atoms with E-state index < -0.39 is 0 Å². The van der Waals surface area contributed by atoms with Crippen LogP contribution in [0.4, 0.5) is 0 Å². The maximum absolute atomic E-state index is 5.64. The van der Waals surface area contributed by atoms with Gasteiger partial charge >= 0.3 is 0 Å². The van der Waals surface area contributed by atoms with Crippen molar-refractivity contribution in [2.24, 2.45) is 5.92 Å². The standard InChI is InChI=1S/C11H20O/c1-4-9(2)7-11-8-10(3)5-6-12-11/h7,10-11H,4-6,8H2,1-3H3/b9-7-/t10-,11+/m1/s1. The molecule has 1 heteroatoms. The molecule has 2 atom stereocenters. The highest BCUT2D eigenvalue weighted by Crippen LogP contribution is 2.21. The van der Waals surface area contributed by atoms with E-state index >= 15 is 0 Å². The number of hydrogen-bond donors (Lipinski definition) is 0. The highest BCUT2D eigenvalue weighted by Gasteiger charge is 2.16. The van der Waals surface area contributed by atoms with Gasteiger partial charge in [-0.25, -0.2) is 0 Å². The van der Waals surface area contributed by atoms with Crippen molar-refractivity contribution in [1.29, 1.82) is 0 Å². The maximum Gasteiger partial charge on any atom is 0.0760 e. The molecular weight excluding hydrogens is 148 g/mol. The molecule has 0 spiro atoms. The zero-order chi connectivity index (χ0) is 8.97. The quantitative estimate of drug-likeness (QED) is 0.575. The molecule has 0 N–H and O–H groups in total. The van der Waals surface area contributed by atoms with Crippen LogP contribution in [-0.2, 0) is 4.74 Å². The summed E-state index contributed by atoms with van der Waals surface area (Å²) in [5.41, 5.74) is 1.45. The maximum atomic E-state index is 5.64. The Morgan fingerprint density at radius 1 is 1.58 bits per heavy atom. The van der Waals surface area contributed by atoms with Crippen LogP contribution in [0.25, 0.3) is 0 Å². The Hall–Kier alpha value is -0.300. The molecule has 70 valence electrons. The summed E-state index contributed by atoms with van der Waals surface area (Å²) in [4.78, 5) is 0. The van der Waals surface area contributed by atoms with Crippen molar-refractivity contribution < 1.29 is 4.74 Å². The second-order valence-corrected chi connectivity index (χ2v) is 3.91. The lowest BCUT2D eigenvalue weighted by molar-refractivity contribution is 0.0234. The van der Waals surface area contributed by atoms with Gasteiger partial charge in [-0.15, -0.1) is 0 Å². The fourth-order valence-corrected chi connectivity index (χ4v) is 1.55. The van der Waals surface area contributed by atoms with Crippen LogP contribution < -0.4 is 0 Å². The molecule has 0 unspecified atom stereocenters. The first-order valence-electron chi connectivity index (χ1n) is 5.01.